The number of amides is 2. The van der Waals surface area contributed by atoms with Gasteiger partial charge in [-0.05, 0) is 30.5 Å². The van der Waals surface area contributed by atoms with Gasteiger partial charge >= 0.3 is 0 Å². The van der Waals surface area contributed by atoms with Crippen LogP contribution in [-0.4, -0.2) is 49.4 Å². The zero-order valence-electron chi connectivity index (χ0n) is 17.7. The van der Waals surface area contributed by atoms with Crippen molar-refractivity contribution in [3.05, 3.63) is 78.4 Å². The van der Waals surface area contributed by atoms with E-state index in [1.807, 2.05) is 54.6 Å². The lowest BCUT2D eigenvalue weighted by atomic mass is 10.0. The zero-order valence-corrected chi connectivity index (χ0v) is 17.7. The summed E-state index contributed by atoms with van der Waals surface area (Å²) in [5.74, 6) is -1.35. The van der Waals surface area contributed by atoms with Crippen LogP contribution in [0.25, 0.3) is 16.7 Å². The van der Waals surface area contributed by atoms with Crippen molar-refractivity contribution in [3.8, 4) is 5.82 Å². The Hall–Kier alpha value is -4.27. The summed E-state index contributed by atoms with van der Waals surface area (Å²) in [7, 11) is 0. The minimum atomic E-state index is -1.02. The lowest BCUT2D eigenvalue weighted by Gasteiger charge is -2.18. The number of benzene rings is 2. The largest absolute Gasteiger partial charge is 0.347 e. The summed E-state index contributed by atoms with van der Waals surface area (Å²) in [6.45, 7) is 0. The Kier molecular flexibility index (Phi) is 5.43. The Morgan fingerprint density at radius 1 is 1.06 bits per heavy atom. The number of rotatable bonds is 8. The summed E-state index contributed by atoms with van der Waals surface area (Å²) >= 11 is 0. The molecule has 1 aliphatic rings. The van der Waals surface area contributed by atoms with Crippen LogP contribution in [0.1, 0.15) is 28.9 Å². The molecule has 3 N–H and O–H groups in total. The number of carbonyl (C=O) groups excluding carboxylic acids is 3. The number of H-pyrrole nitrogens is 1. The maximum absolute atomic E-state index is 13.2. The Morgan fingerprint density at radius 3 is 2.61 bits per heavy atom. The quantitative estimate of drug-likeness (QED) is 0.360. The molecule has 0 bridgehead atoms. The molecule has 2 amide bonds. The highest BCUT2D eigenvalue weighted by Gasteiger charge is 2.32. The van der Waals surface area contributed by atoms with E-state index >= 15 is 0 Å². The summed E-state index contributed by atoms with van der Waals surface area (Å²) in [4.78, 5) is 42.7. The molecule has 1 aliphatic carbocycles. The van der Waals surface area contributed by atoms with Crippen LogP contribution in [0.15, 0.2) is 67.1 Å². The Labute approximate surface area is 189 Å². The molecule has 2 aromatic carbocycles. The van der Waals surface area contributed by atoms with Crippen LogP contribution < -0.4 is 10.6 Å². The summed E-state index contributed by atoms with van der Waals surface area (Å²) in [5, 5.41) is 13.5. The molecule has 0 aliphatic heterocycles. The van der Waals surface area contributed by atoms with E-state index in [2.05, 4.69) is 25.8 Å². The zero-order chi connectivity index (χ0) is 22.8. The molecule has 4 aromatic rings. The molecule has 0 spiro atoms. The third-order valence-electron chi connectivity index (χ3n) is 5.59. The second-order valence-corrected chi connectivity index (χ2v) is 8.07. The number of Topliss-reactive ketones (excluding diaryl/α,β-unsaturated/α-hetero) is 1. The molecule has 166 valence electrons. The van der Waals surface area contributed by atoms with Crippen LogP contribution in [-0.2, 0) is 16.0 Å². The minimum Gasteiger partial charge on any atom is -0.347 e. The summed E-state index contributed by atoms with van der Waals surface area (Å²) in [5.41, 5.74) is 1.87. The normalized spacial score (nSPS) is 14.1. The van der Waals surface area contributed by atoms with E-state index in [4.69, 9.17) is 0 Å². The van der Waals surface area contributed by atoms with Crippen LogP contribution >= 0.6 is 0 Å². The lowest BCUT2D eigenvalue weighted by molar-refractivity contribution is -0.139. The maximum Gasteiger partial charge on any atom is 0.289 e. The molecule has 2 heterocycles. The Morgan fingerprint density at radius 2 is 1.82 bits per heavy atom. The SMILES string of the molecule is O=C(NC1CC1)C(=O)[C@H](Cc1ccccc1)NC(=O)c1cncn1-c1n[nH]c2ccccc12. The predicted octanol–water partition coefficient (Wildman–Crippen LogP) is 1.94. The van der Waals surface area contributed by atoms with Gasteiger partial charge in [0, 0.05) is 17.8 Å². The first-order valence-electron chi connectivity index (χ1n) is 10.8. The first-order valence-corrected chi connectivity index (χ1v) is 10.8. The second-order valence-electron chi connectivity index (χ2n) is 8.07. The van der Waals surface area contributed by atoms with Gasteiger partial charge in [-0.3, -0.25) is 24.0 Å². The Balaban J connectivity index is 1.41. The highest BCUT2D eigenvalue weighted by Crippen LogP contribution is 2.21. The highest BCUT2D eigenvalue weighted by atomic mass is 16.2. The standard InChI is InChI=1S/C24H22N6O3/c31-21(24(33)26-16-10-11-16)19(12-15-6-2-1-3-7-15)27-23(32)20-13-25-14-30(20)22-17-8-4-5-9-18(17)28-29-22/h1-9,13-14,16,19H,10-12H2,(H,26,33)(H,27,32)(H,28,29)/t19-/m0/s1. The number of fused-ring (bicyclic) bond motifs is 1. The third-order valence-corrected chi connectivity index (χ3v) is 5.59. The van der Waals surface area contributed by atoms with E-state index in [1.165, 1.54) is 12.5 Å². The van der Waals surface area contributed by atoms with Crippen LogP contribution in [0, 0.1) is 0 Å². The van der Waals surface area contributed by atoms with E-state index in [1.54, 1.807) is 4.57 Å². The molecule has 1 atom stereocenters. The first kappa shape index (κ1) is 20.6. The third kappa shape index (κ3) is 4.38. The van der Waals surface area contributed by atoms with E-state index in [0.717, 1.165) is 29.3 Å². The van der Waals surface area contributed by atoms with Gasteiger partial charge in [0.25, 0.3) is 11.8 Å². The Bertz CT molecular complexity index is 1320. The van der Waals surface area contributed by atoms with Crippen molar-refractivity contribution in [1.82, 2.24) is 30.4 Å². The molecule has 5 rings (SSSR count). The van der Waals surface area contributed by atoms with Gasteiger partial charge in [0.2, 0.25) is 5.78 Å². The van der Waals surface area contributed by atoms with Crippen LogP contribution in [0.2, 0.25) is 0 Å². The molecule has 1 saturated carbocycles. The summed E-state index contributed by atoms with van der Waals surface area (Å²) < 4.78 is 1.56. The van der Waals surface area contributed by atoms with Gasteiger partial charge in [-0.25, -0.2) is 4.98 Å². The van der Waals surface area contributed by atoms with Gasteiger partial charge < -0.3 is 10.6 Å². The summed E-state index contributed by atoms with van der Waals surface area (Å²) in [6, 6.07) is 15.8. The molecule has 9 heteroatoms. The second kappa shape index (κ2) is 8.70. The number of ketones is 1. The average Bonchev–Trinajstić information content (AvgIpc) is 3.33. The van der Waals surface area contributed by atoms with Gasteiger partial charge in [0.15, 0.2) is 5.82 Å². The maximum atomic E-state index is 13.2. The molecule has 0 saturated heterocycles. The molecule has 9 nitrogen and oxygen atoms in total. The van der Waals surface area contributed by atoms with E-state index in [9.17, 15) is 14.4 Å². The molecular weight excluding hydrogens is 420 g/mol. The van der Waals surface area contributed by atoms with Gasteiger partial charge in [0.1, 0.15) is 18.1 Å². The molecule has 33 heavy (non-hydrogen) atoms. The number of imidazole rings is 1. The van der Waals surface area contributed by atoms with Crippen molar-refractivity contribution in [2.24, 2.45) is 0 Å². The fourth-order valence-electron chi connectivity index (χ4n) is 3.70. The number of aromatic nitrogens is 4. The van der Waals surface area contributed by atoms with Crippen molar-refractivity contribution in [2.75, 3.05) is 0 Å². The van der Waals surface area contributed by atoms with Gasteiger partial charge in [-0.15, -0.1) is 0 Å². The molecule has 0 unspecified atom stereocenters. The van der Waals surface area contributed by atoms with E-state index in [-0.39, 0.29) is 18.2 Å². The minimum absolute atomic E-state index is 0.0453. The number of aromatic amines is 1. The molecule has 1 fully saturated rings. The number of nitrogens with one attached hydrogen (secondary N) is 3. The van der Waals surface area contributed by atoms with Crippen molar-refractivity contribution in [1.29, 1.82) is 0 Å². The fraction of sp³-hybridized carbons (Fsp3) is 0.208. The smallest absolute Gasteiger partial charge is 0.289 e. The number of carbonyl (C=O) groups is 3. The van der Waals surface area contributed by atoms with Gasteiger partial charge in [-0.1, -0.05) is 42.5 Å². The van der Waals surface area contributed by atoms with Gasteiger partial charge in [0.05, 0.1) is 11.7 Å². The number of hydrogen-bond donors (Lipinski definition) is 3. The van der Waals surface area contributed by atoms with Crippen molar-refractivity contribution >= 4 is 28.5 Å². The average molecular weight is 442 g/mol. The lowest BCUT2D eigenvalue weighted by Crippen LogP contribution is -2.49. The van der Waals surface area contributed by atoms with Crippen LogP contribution in [0.4, 0.5) is 0 Å². The fourth-order valence-corrected chi connectivity index (χ4v) is 3.70. The first-order chi connectivity index (χ1) is 16.1. The van der Waals surface area contributed by atoms with E-state index < -0.39 is 23.6 Å². The monoisotopic (exact) mass is 442 g/mol. The topological polar surface area (TPSA) is 122 Å². The highest BCUT2D eigenvalue weighted by molar-refractivity contribution is 6.38. The van der Waals surface area contributed by atoms with Crippen molar-refractivity contribution in [3.63, 3.8) is 0 Å². The number of nitrogens with zero attached hydrogens (tertiary/aromatic N) is 3. The van der Waals surface area contributed by atoms with Crippen LogP contribution in [0.3, 0.4) is 0 Å². The molecule has 2 aromatic heterocycles. The molecule has 0 radical (unpaired) electrons. The predicted molar refractivity (Wildman–Crippen MR) is 121 cm³/mol. The van der Waals surface area contributed by atoms with Crippen molar-refractivity contribution < 1.29 is 14.4 Å². The van der Waals surface area contributed by atoms with E-state index in [0.29, 0.717) is 5.82 Å². The van der Waals surface area contributed by atoms with Crippen LogP contribution in [0.5, 0.6) is 0 Å². The summed E-state index contributed by atoms with van der Waals surface area (Å²) in [6.07, 6.45) is 4.83. The number of para-hydroxylation sites is 1. The van der Waals surface area contributed by atoms with Gasteiger partial charge in [-0.2, -0.15) is 5.10 Å². The number of hydrogen-bond acceptors (Lipinski definition) is 5. The van der Waals surface area contributed by atoms with Crippen molar-refractivity contribution in [2.45, 2.75) is 31.3 Å². The molecular formula is C24H22N6O3.